The number of urea groups is 1. The lowest BCUT2D eigenvalue weighted by atomic mass is 10.3. The Balaban J connectivity index is 2.09. The second-order valence-electron chi connectivity index (χ2n) is 3.78. The van der Waals surface area contributed by atoms with Crippen LogP contribution in [0.15, 0.2) is 6.33 Å². The van der Waals surface area contributed by atoms with E-state index >= 15 is 0 Å². The number of aryl methyl sites for hydroxylation is 1. The highest BCUT2D eigenvalue weighted by Gasteiger charge is 2.02. The van der Waals surface area contributed by atoms with Crippen molar-refractivity contribution in [3.63, 3.8) is 0 Å². The van der Waals surface area contributed by atoms with E-state index in [0.29, 0.717) is 13.1 Å². The van der Waals surface area contributed by atoms with Crippen molar-refractivity contribution in [1.82, 2.24) is 25.5 Å². The molecule has 0 saturated carbocycles. The van der Waals surface area contributed by atoms with Gasteiger partial charge in [0.2, 0.25) is 0 Å². The standard InChI is InChI=1S/C10H19N5O/c1-8-9(14-7-13-8)6-11-4-5-12-10(16)15(2)3/h7,11H,4-6H2,1-3H3,(H,12,16)(H,13,14). The molecule has 1 aromatic rings. The fourth-order valence-electron chi connectivity index (χ4n) is 1.19. The maximum atomic E-state index is 11.2. The van der Waals surface area contributed by atoms with Gasteiger partial charge in [0.1, 0.15) is 0 Å². The molecule has 6 heteroatoms. The molecular weight excluding hydrogens is 206 g/mol. The molecule has 0 fully saturated rings. The van der Waals surface area contributed by atoms with Crippen molar-refractivity contribution in [2.75, 3.05) is 27.2 Å². The van der Waals surface area contributed by atoms with Crippen molar-refractivity contribution in [3.05, 3.63) is 17.7 Å². The maximum absolute atomic E-state index is 11.2. The van der Waals surface area contributed by atoms with Crippen LogP contribution in [0.3, 0.4) is 0 Å². The fourth-order valence-corrected chi connectivity index (χ4v) is 1.19. The maximum Gasteiger partial charge on any atom is 0.316 e. The number of amides is 2. The zero-order valence-electron chi connectivity index (χ0n) is 10.0. The third-order valence-electron chi connectivity index (χ3n) is 2.21. The Bertz CT molecular complexity index is 334. The molecule has 0 aromatic carbocycles. The predicted octanol–water partition coefficient (Wildman–Crippen LogP) is 0.0789. The fraction of sp³-hybridized carbons (Fsp3) is 0.600. The molecule has 1 rings (SSSR count). The van der Waals surface area contributed by atoms with E-state index in [0.717, 1.165) is 17.9 Å². The van der Waals surface area contributed by atoms with E-state index in [9.17, 15) is 4.79 Å². The number of aromatic nitrogens is 2. The smallest absolute Gasteiger partial charge is 0.316 e. The van der Waals surface area contributed by atoms with Gasteiger partial charge in [0.25, 0.3) is 0 Å². The molecule has 6 nitrogen and oxygen atoms in total. The highest BCUT2D eigenvalue weighted by atomic mass is 16.2. The molecule has 16 heavy (non-hydrogen) atoms. The van der Waals surface area contributed by atoms with Crippen LogP contribution in [0.5, 0.6) is 0 Å². The van der Waals surface area contributed by atoms with Crippen LogP contribution in [0.4, 0.5) is 4.79 Å². The van der Waals surface area contributed by atoms with Gasteiger partial charge in [0.15, 0.2) is 0 Å². The highest BCUT2D eigenvalue weighted by Crippen LogP contribution is 1.98. The Kier molecular flexibility index (Phi) is 4.78. The third kappa shape index (κ3) is 3.90. The largest absolute Gasteiger partial charge is 0.348 e. The molecule has 0 unspecified atom stereocenters. The average Bonchev–Trinajstić information content (AvgIpc) is 2.63. The monoisotopic (exact) mass is 225 g/mol. The molecule has 90 valence electrons. The zero-order chi connectivity index (χ0) is 12.0. The van der Waals surface area contributed by atoms with Gasteiger partial charge in [-0.2, -0.15) is 0 Å². The number of hydrogen-bond donors (Lipinski definition) is 3. The molecule has 0 saturated heterocycles. The molecule has 3 N–H and O–H groups in total. The van der Waals surface area contributed by atoms with Crippen LogP contribution in [-0.4, -0.2) is 48.1 Å². The number of aromatic amines is 1. The van der Waals surface area contributed by atoms with Gasteiger partial charge in [-0.1, -0.05) is 0 Å². The molecule has 1 heterocycles. The lowest BCUT2D eigenvalue weighted by Gasteiger charge is -2.11. The van der Waals surface area contributed by atoms with Crippen molar-refractivity contribution in [2.45, 2.75) is 13.5 Å². The van der Waals surface area contributed by atoms with E-state index in [1.807, 2.05) is 6.92 Å². The van der Waals surface area contributed by atoms with Gasteiger partial charge in [0, 0.05) is 39.4 Å². The molecule has 0 bridgehead atoms. The Hall–Kier alpha value is -1.56. The number of nitrogens with zero attached hydrogens (tertiary/aromatic N) is 2. The Morgan fingerprint density at radius 3 is 2.81 bits per heavy atom. The molecule has 2 amide bonds. The van der Waals surface area contributed by atoms with Crippen LogP contribution >= 0.6 is 0 Å². The van der Waals surface area contributed by atoms with Crippen LogP contribution < -0.4 is 10.6 Å². The summed E-state index contributed by atoms with van der Waals surface area (Å²) in [5.74, 6) is 0. The van der Waals surface area contributed by atoms with Crippen molar-refractivity contribution in [1.29, 1.82) is 0 Å². The normalized spacial score (nSPS) is 10.2. The van der Waals surface area contributed by atoms with Crippen molar-refractivity contribution >= 4 is 6.03 Å². The molecule has 1 aromatic heterocycles. The van der Waals surface area contributed by atoms with Gasteiger partial charge in [0.05, 0.1) is 12.0 Å². The van der Waals surface area contributed by atoms with Gasteiger partial charge in [-0.3, -0.25) is 0 Å². The number of H-pyrrole nitrogens is 1. The second-order valence-corrected chi connectivity index (χ2v) is 3.78. The number of hydrogen-bond acceptors (Lipinski definition) is 3. The van der Waals surface area contributed by atoms with Crippen LogP contribution in [-0.2, 0) is 6.54 Å². The van der Waals surface area contributed by atoms with E-state index < -0.39 is 0 Å². The van der Waals surface area contributed by atoms with E-state index in [4.69, 9.17) is 0 Å². The van der Waals surface area contributed by atoms with Crippen molar-refractivity contribution < 1.29 is 4.79 Å². The van der Waals surface area contributed by atoms with Crippen molar-refractivity contribution in [2.24, 2.45) is 0 Å². The minimum atomic E-state index is -0.0715. The average molecular weight is 225 g/mol. The summed E-state index contributed by atoms with van der Waals surface area (Å²) in [5, 5.41) is 5.98. The quantitative estimate of drug-likeness (QED) is 0.621. The SMILES string of the molecule is Cc1[nH]cnc1CNCCNC(=O)N(C)C. The van der Waals surface area contributed by atoms with E-state index in [1.165, 1.54) is 4.90 Å². The number of nitrogens with one attached hydrogen (secondary N) is 3. The molecule has 0 aliphatic carbocycles. The molecule has 0 spiro atoms. The summed E-state index contributed by atoms with van der Waals surface area (Å²) in [7, 11) is 3.44. The van der Waals surface area contributed by atoms with Crippen LogP contribution in [0, 0.1) is 6.92 Å². The number of rotatable bonds is 5. The van der Waals surface area contributed by atoms with E-state index in [2.05, 4.69) is 20.6 Å². The summed E-state index contributed by atoms with van der Waals surface area (Å²) in [6.45, 7) is 4.04. The Morgan fingerprint density at radius 2 is 2.25 bits per heavy atom. The second kappa shape index (κ2) is 6.12. The number of carbonyl (C=O) groups excluding carboxylic acids is 1. The Morgan fingerprint density at radius 1 is 1.50 bits per heavy atom. The third-order valence-corrected chi connectivity index (χ3v) is 2.21. The first-order valence-electron chi connectivity index (χ1n) is 5.26. The first-order valence-corrected chi connectivity index (χ1v) is 5.26. The molecule has 0 radical (unpaired) electrons. The van der Waals surface area contributed by atoms with Gasteiger partial charge >= 0.3 is 6.03 Å². The minimum Gasteiger partial charge on any atom is -0.348 e. The highest BCUT2D eigenvalue weighted by molar-refractivity contribution is 5.73. The predicted molar refractivity (Wildman–Crippen MR) is 62.1 cm³/mol. The lowest BCUT2D eigenvalue weighted by molar-refractivity contribution is 0.217. The zero-order valence-corrected chi connectivity index (χ0v) is 10.0. The number of carbonyl (C=O) groups is 1. The molecular formula is C10H19N5O. The topological polar surface area (TPSA) is 73.0 Å². The van der Waals surface area contributed by atoms with Crippen LogP contribution in [0.2, 0.25) is 0 Å². The van der Waals surface area contributed by atoms with Gasteiger partial charge < -0.3 is 20.5 Å². The number of imidazole rings is 1. The summed E-state index contributed by atoms with van der Waals surface area (Å²) in [4.78, 5) is 19.8. The summed E-state index contributed by atoms with van der Waals surface area (Å²) in [6, 6.07) is -0.0715. The van der Waals surface area contributed by atoms with Gasteiger partial charge in [-0.25, -0.2) is 9.78 Å². The van der Waals surface area contributed by atoms with Crippen LogP contribution in [0.1, 0.15) is 11.4 Å². The summed E-state index contributed by atoms with van der Waals surface area (Å²) in [5.41, 5.74) is 2.09. The van der Waals surface area contributed by atoms with Crippen molar-refractivity contribution in [3.8, 4) is 0 Å². The first-order chi connectivity index (χ1) is 7.61. The molecule has 0 atom stereocenters. The first kappa shape index (κ1) is 12.5. The summed E-state index contributed by atoms with van der Waals surface area (Å²) in [6.07, 6.45) is 1.68. The van der Waals surface area contributed by atoms with E-state index in [1.54, 1.807) is 20.4 Å². The summed E-state index contributed by atoms with van der Waals surface area (Å²) < 4.78 is 0. The Labute approximate surface area is 95.4 Å². The van der Waals surface area contributed by atoms with Crippen LogP contribution in [0.25, 0.3) is 0 Å². The van der Waals surface area contributed by atoms with Gasteiger partial charge in [-0.05, 0) is 6.92 Å². The summed E-state index contributed by atoms with van der Waals surface area (Å²) >= 11 is 0. The molecule has 0 aliphatic heterocycles. The lowest BCUT2D eigenvalue weighted by Crippen LogP contribution is -2.38. The van der Waals surface area contributed by atoms with E-state index in [-0.39, 0.29) is 6.03 Å². The molecule has 0 aliphatic rings. The van der Waals surface area contributed by atoms with Gasteiger partial charge in [-0.15, -0.1) is 0 Å². The minimum absolute atomic E-state index is 0.0715.